The van der Waals surface area contributed by atoms with Crippen LogP contribution in [-0.2, 0) is 4.79 Å². The molecule has 0 aliphatic heterocycles. The summed E-state index contributed by atoms with van der Waals surface area (Å²) in [6.07, 6.45) is 3.44. The Kier molecular flexibility index (Phi) is 6.45. The number of nitrogens with one attached hydrogen (secondary N) is 2. The van der Waals surface area contributed by atoms with Crippen molar-refractivity contribution < 1.29 is 14.7 Å². The zero-order chi connectivity index (χ0) is 16.0. The van der Waals surface area contributed by atoms with E-state index in [0.717, 1.165) is 32.2 Å². The molecule has 21 heavy (non-hydrogen) atoms. The first kappa shape index (κ1) is 17.8. The van der Waals surface area contributed by atoms with Gasteiger partial charge in [0.15, 0.2) is 0 Å². The summed E-state index contributed by atoms with van der Waals surface area (Å²) in [6, 6.07) is 0.293. The highest BCUT2D eigenvalue weighted by Gasteiger charge is 2.35. The summed E-state index contributed by atoms with van der Waals surface area (Å²) in [7, 11) is 0. The highest BCUT2D eigenvalue weighted by atomic mass is 16.4. The number of carboxylic acid groups (broad SMARTS) is 1. The molecule has 0 aromatic heterocycles. The lowest BCUT2D eigenvalue weighted by atomic mass is 9.85. The number of aliphatic carboxylic acids is 1. The Labute approximate surface area is 127 Å². The Morgan fingerprint density at radius 1 is 1.24 bits per heavy atom. The van der Waals surface area contributed by atoms with Crippen LogP contribution in [0.15, 0.2) is 0 Å². The summed E-state index contributed by atoms with van der Waals surface area (Å²) in [4.78, 5) is 24.7. The lowest BCUT2D eigenvalue weighted by molar-refractivity contribution is -0.139. The third-order valence-electron chi connectivity index (χ3n) is 4.69. The molecule has 0 atom stereocenters. The van der Waals surface area contributed by atoms with Crippen molar-refractivity contribution >= 4 is 12.0 Å². The van der Waals surface area contributed by atoms with Gasteiger partial charge in [-0.15, -0.1) is 0 Å². The number of rotatable bonds is 8. The van der Waals surface area contributed by atoms with Crippen LogP contribution in [-0.4, -0.2) is 52.7 Å². The molecule has 2 amide bonds. The summed E-state index contributed by atoms with van der Waals surface area (Å²) in [5.41, 5.74) is -0.161. The molecule has 6 nitrogen and oxygen atoms in total. The molecule has 0 aromatic carbocycles. The number of nitrogens with zero attached hydrogens (tertiary/aromatic N) is 1. The van der Waals surface area contributed by atoms with Gasteiger partial charge in [0.05, 0.1) is 6.54 Å². The molecular weight excluding hydrogens is 270 g/mol. The average molecular weight is 299 g/mol. The number of carboxylic acids is 1. The van der Waals surface area contributed by atoms with E-state index in [2.05, 4.69) is 24.5 Å². The largest absolute Gasteiger partial charge is 0.480 e. The molecule has 0 unspecified atom stereocenters. The van der Waals surface area contributed by atoms with E-state index in [-0.39, 0.29) is 30.2 Å². The van der Waals surface area contributed by atoms with Crippen LogP contribution < -0.4 is 10.6 Å². The number of carbonyl (C=O) groups excluding carboxylic acids is 1. The smallest absolute Gasteiger partial charge is 0.317 e. The zero-order valence-corrected chi connectivity index (χ0v) is 13.6. The van der Waals surface area contributed by atoms with Gasteiger partial charge in [-0.1, -0.05) is 20.8 Å². The molecule has 122 valence electrons. The number of hydrogen-bond donors (Lipinski definition) is 3. The van der Waals surface area contributed by atoms with Crippen LogP contribution in [0.25, 0.3) is 0 Å². The minimum absolute atomic E-state index is 0.0732. The summed E-state index contributed by atoms with van der Waals surface area (Å²) in [5.74, 6) is -0.798. The van der Waals surface area contributed by atoms with E-state index < -0.39 is 5.97 Å². The van der Waals surface area contributed by atoms with Crippen LogP contribution in [0.1, 0.15) is 53.4 Å². The van der Waals surface area contributed by atoms with Gasteiger partial charge in [-0.2, -0.15) is 0 Å². The van der Waals surface area contributed by atoms with Crippen molar-refractivity contribution in [2.24, 2.45) is 0 Å². The van der Waals surface area contributed by atoms with E-state index in [0.29, 0.717) is 0 Å². The fourth-order valence-electron chi connectivity index (χ4n) is 2.60. The van der Waals surface area contributed by atoms with Gasteiger partial charge in [-0.3, -0.25) is 9.69 Å². The minimum atomic E-state index is -0.798. The molecule has 1 aliphatic rings. The van der Waals surface area contributed by atoms with Crippen LogP contribution in [0.5, 0.6) is 0 Å². The van der Waals surface area contributed by atoms with Gasteiger partial charge in [0, 0.05) is 17.6 Å². The average Bonchev–Trinajstić information content (AvgIpc) is 2.39. The van der Waals surface area contributed by atoms with E-state index in [1.54, 1.807) is 0 Å². The number of likely N-dealkylation sites (N-methyl/N-ethyl adjacent to an activating group) is 1. The van der Waals surface area contributed by atoms with Crippen LogP contribution in [0, 0.1) is 0 Å². The molecule has 1 aliphatic carbocycles. The topological polar surface area (TPSA) is 81.7 Å². The maximum Gasteiger partial charge on any atom is 0.317 e. The maximum absolute atomic E-state index is 12.0. The second kappa shape index (κ2) is 7.64. The molecule has 1 rings (SSSR count). The lowest BCUT2D eigenvalue weighted by Gasteiger charge is -2.42. The van der Waals surface area contributed by atoms with E-state index in [1.807, 2.05) is 18.7 Å². The van der Waals surface area contributed by atoms with Crippen molar-refractivity contribution in [3.8, 4) is 0 Å². The zero-order valence-electron chi connectivity index (χ0n) is 13.6. The van der Waals surface area contributed by atoms with Crippen LogP contribution in [0.3, 0.4) is 0 Å². The number of carbonyl (C=O) groups is 2. The van der Waals surface area contributed by atoms with Gasteiger partial charge in [0.25, 0.3) is 0 Å². The predicted molar refractivity (Wildman–Crippen MR) is 82.3 cm³/mol. The Hall–Kier alpha value is -1.30. The summed E-state index contributed by atoms with van der Waals surface area (Å²) >= 11 is 0. The van der Waals surface area contributed by atoms with Crippen LogP contribution in [0.2, 0.25) is 0 Å². The maximum atomic E-state index is 12.0. The predicted octanol–water partition coefficient (Wildman–Crippen LogP) is 1.80. The monoisotopic (exact) mass is 299 g/mol. The molecule has 6 heteroatoms. The Morgan fingerprint density at radius 3 is 2.24 bits per heavy atom. The SMILES string of the molecule is CCN(CC(=O)O)C1CC(NC(=O)NC(C)(CC)CC)C1. The molecule has 0 aromatic rings. The molecule has 3 N–H and O–H groups in total. The lowest BCUT2D eigenvalue weighted by Crippen LogP contribution is -2.58. The highest BCUT2D eigenvalue weighted by molar-refractivity contribution is 5.75. The number of hydrogen-bond acceptors (Lipinski definition) is 3. The van der Waals surface area contributed by atoms with Crippen LogP contribution in [0.4, 0.5) is 4.79 Å². The molecule has 0 radical (unpaired) electrons. The molecule has 0 spiro atoms. The van der Waals surface area contributed by atoms with E-state index in [1.165, 1.54) is 0 Å². The van der Waals surface area contributed by atoms with Crippen molar-refractivity contribution in [2.75, 3.05) is 13.1 Å². The fraction of sp³-hybridized carbons (Fsp3) is 0.867. The molecule has 0 bridgehead atoms. The van der Waals surface area contributed by atoms with Gasteiger partial charge in [0.2, 0.25) is 0 Å². The van der Waals surface area contributed by atoms with Crippen molar-refractivity contribution in [1.29, 1.82) is 0 Å². The second-order valence-electron chi connectivity index (χ2n) is 6.15. The molecule has 1 fully saturated rings. The third-order valence-corrected chi connectivity index (χ3v) is 4.69. The van der Waals surface area contributed by atoms with Gasteiger partial charge in [-0.05, 0) is 39.2 Å². The molecular formula is C15H29N3O3. The Bertz CT molecular complexity index is 363. The number of amides is 2. The first-order valence-electron chi connectivity index (χ1n) is 7.88. The molecule has 1 saturated carbocycles. The van der Waals surface area contributed by atoms with E-state index in [4.69, 9.17) is 5.11 Å². The first-order valence-corrected chi connectivity index (χ1v) is 7.88. The molecule has 0 heterocycles. The summed E-state index contributed by atoms with van der Waals surface area (Å²) in [5, 5.41) is 14.9. The van der Waals surface area contributed by atoms with E-state index >= 15 is 0 Å². The Morgan fingerprint density at radius 2 is 1.81 bits per heavy atom. The van der Waals surface area contributed by atoms with Gasteiger partial charge in [0.1, 0.15) is 0 Å². The normalized spacial score (nSPS) is 21.8. The van der Waals surface area contributed by atoms with Gasteiger partial charge < -0.3 is 15.7 Å². The van der Waals surface area contributed by atoms with Gasteiger partial charge >= 0.3 is 12.0 Å². The van der Waals surface area contributed by atoms with Crippen molar-refractivity contribution in [3.63, 3.8) is 0 Å². The van der Waals surface area contributed by atoms with E-state index in [9.17, 15) is 9.59 Å². The summed E-state index contributed by atoms with van der Waals surface area (Å²) < 4.78 is 0. The fourth-order valence-corrected chi connectivity index (χ4v) is 2.60. The first-order chi connectivity index (χ1) is 9.83. The van der Waals surface area contributed by atoms with Crippen molar-refractivity contribution in [2.45, 2.75) is 71.0 Å². The number of urea groups is 1. The third kappa shape index (κ3) is 5.19. The van der Waals surface area contributed by atoms with Crippen LogP contribution >= 0.6 is 0 Å². The van der Waals surface area contributed by atoms with Gasteiger partial charge in [-0.25, -0.2) is 4.79 Å². The van der Waals surface area contributed by atoms with Crippen molar-refractivity contribution in [1.82, 2.24) is 15.5 Å². The minimum Gasteiger partial charge on any atom is -0.480 e. The highest BCUT2D eigenvalue weighted by Crippen LogP contribution is 2.25. The van der Waals surface area contributed by atoms with Crippen molar-refractivity contribution in [3.05, 3.63) is 0 Å². The summed E-state index contributed by atoms with van der Waals surface area (Å²) in [6.45, 7) is 8.93. The molecule has 0 saturated heterocycles. The quantitative estimate of drug-likeness (QED) is 0.638. The Balaban J connectivity index is 2.34. The second-order valence-corrected chi connectivity index (χ2v) is 6.15. The standard InChI is InChI=1S/C15H29N3O3/c1-5-15(4,6-2)17-14(21)16-11-8-12(9-11)18(7-3)10-13(19)20/h11-12H,5-10H2,1-4H3,(H,19,20)(H2,16,17,21).